The minimum atomic E-state index is -0.295. The van der Waals surface area contributed by atoms with E-state index in [1.807, 2.05) is 13.0 Å². The molecule has 0 aromatic heterocycles. The molecule has 0 radical (unpaired) electrons. The molecule has 0 unspecified atom stereocenters. The van der Waals surface area contributed by atoms with Crippen molar-refractivity contribution < 1.29 is 14.6 Å². The van der Waals surface area contributed by atoms with Gasteiger partial charge in [0.1, 0.15) is 0 Å². The van der Waals surface area contributed by atoms with E-state index < -0.39 is 0 Å². The Hall–Kier alpha value is -1.07. The minimum absolute atomic E-state index is 0.0497. The van der Waals surface area contributed by atoms with E-state index >= 15 is 0 Å². The Labute approximate surface area is 88.1 Å². The molecule has 0 amide bonds. The van der Waals surface area contributed by atoms with Crippen LogP contribution in [-0.4, -0.2) is 37.3 Å². The third kappa shape index (κ3) is 4.31. The van der Waals surface area contributed by atoms with Crippen molar-refractivity contribution in [2.45, 2.75) is 25.7 Å². The lowest BCUT2D eigenvalue weighted by Gasteiger charge is -2.26. The molecule has 0 aliphatic carbocycles. The number of rotatable bonds is 4. The smallest absolute Gasteiger partial charge is 0.161 e. The molecule has 6 heteroatoms. The van der Waals surface area contributed by atoms with Crippen molar-refractivity contribution in [3.8, 4) is 0 Å². The van der Waals surface area contributed by atoms with Crippen LogP contribution in [0.3, 0.4) is 0 Å². The fraction of sp³-hybridized carbons (Fsp3) is 0.778. The summed E-state index contributed by atoms with van der Waals surface area (Å²) in [5, 5.41) is 12.3. The minimum Gasteiger partial charge on any atom is -0.392 e. The number of hydrogen-bond donors (Lipinski definition) is 1. The molecule has 0 spiro atoms. The summed E-state index contributed by atoms with van der Waals surface area (Å²) in [5.41, 5.74) is 9.09. The molecular weight excluding hydrogens is 198 g/mol. The topological polar surface area (TPSA) is 87.5 Å². The van der Waals surface area contributed by atoms with Gasteiger partial charge in [-0.15, -0.1) is 0 Å². The van der Waals surface area contributed by atoms with Gasteiger partial charge in [0.15, 0.2) is 6.29 Å². The zero-order valence-corrected chi connectivity index (χ0v) is 8.67. The molecule has 0 atom stereocenters. The molecule has 1 aliphatic rings. The van der Waals surface area contributed by atoms with E-state index in [2.05, 4.69) is 10.0 Å². The van der Waals surface area contributed by atoms with Crippen LogP contribution in [-0.2, 0) is 9.47 Å². The summed E-state index contributed by atoms with van der Waals surface area (Å²) in [6, 6.07) is -0.228. The van der Waals surface area contributed by atoms with E-state index in [0.29, 0.717) is 19.6 Å². The Morgan fingerprint density at radius 1 is 1.60 bits per heavy atom. The van der Waals surface area contributed by atoms with Gasteiger partial charge in [-0.2, -0.15) is 0 Å². The fourth-order valence-corrected chi connectivity index (χ4v) is 1.17. The first-order valence-electron chi connectivity index (χ1n) is 4.80. The maximum Gasteiger partial charge on any atom is 0.161 e. The van der Waals surface area contributed by atoms with E-state index in [0.717, 1.165) is 5.57 Å². The van der Waals surface area contributed by atoms with Gasteiger partial charge in [0.2, 0.25) is 0 Å². The zero-order valence-electron chi connectivity index (χ0n) is 8.67. The largest absolute Gasteiger partial charge is 0.392 e. The molecule has 84 valence electrons. The fourth-order valence-electron chi connectivity index (χ4n) is 1.17. The highest BCUT2D eigenvalue weighted by molar-refractivity contribution is 4.98. The molecule has 1 fully saturated rings. The molecule has 1 N–H and O–H groups in total. The number of aliphatic hydroxyl groups excluding tert-OH is 1. The number of ether oxygens (including phenoxy) is 2. The quantitative estimate of drug-likeness (QED) is 0.331. The van der Waals surface area contributed by atoms with Gasteiger partial charge < -0.3 is 14.6 Å². The maximum atomic E-state index is 8.77. The predicted molar refractivity (Wildman–Crippen MR) is 54.1 cm³/mol. The monoisotopic (exact) mass is 213 g/mol. The van der Waals surface area contributed by atoms with E-state index in [9.17, 15) is 0 Å². The predicted octanol–water partition coefficient (Wildman–Crippen LogP) is 1.37. The van der Waals surface area contributed by atoms with Crippen LogP contribution in [0.4, 0.5) is 0 Å². The molecule has 1 aliphatic heterocycles. The molecule has 0 bridgehead atoms. The highest BCUT2D eigenvalue weighted by Crippen LogP contribution is 2.12. The molecule has 1 saturated heterocycles. The van der Waals surface area contributed by atoms with E-state index in [-0.39, 0.29) is 18.9 Å². The van der Waals surface area contributed by atoms with E-state index in [4.69, 9.17) is 20.1 Å². The van der Waals surface area contributed by atoms with E-state index in [1.54, 1.807) is 0 Å². The third-order valence-electron chi connectivity index (χ3n) is 2.07. The maximum absolute atomic E-state index is 8.77. The van der Waals surface area contributed by atoms with Crippen molar-refractivity contribution in [1.29, 1.82) is 0 Å². The van der Waals surface area contributed by atoms with Gasteiger partial charge in [0.05, 0.1) is 25.9 Å². The van der Waals surface area contributed by atoms with Gasteiger partial charge in [0.25, 0.3) is 0 Å². The molecule has 1 heterocycles. The van der Waals surface area contributed by atoms with Crippen LogP contribution in [0.1, 0.15) is 13.3 Å². The van der Waals surface area contributed by atoms with Gasteiger partial charge in [-0.05, 0) is 12.5 Å². The van der Waals surface area contributed by atoms with Gasteiger partial charge in [-0.25, -0.2) is 0 Å². The molecule has 15 heavy (non-hydrogen) atoms. The first kappa shape index (κ1) is 12.0. The Bertz CT molecular complexity index is 266. The number of hydrogen-bond acceptors (Lipinski definition) is 4. The van der Waals surface area contributed by atoms with Crippen LogP contribution in [0.5, 0.6) is 0 Å². The van der Waals surface area contributed by atoms with Crippen molar-refractivity contribution in [3.05, 3.63) is 22.1 Å². The standard InChI is InChI=1S/C9H15N3O3/c1-7(4-13)2-3-9-14-5-8(6-15-9)11-12-10/h2,8-9,13H,3-6H2,1H3/b7-2+. The van der Waals surface area contributed by atoms with E-state index in [1.165, 1.54) is 0 Å². The molecule has 0 aromatic carbocycles. The van der Waals surface area contributed by atoms with Gasteiger partial charge in [-0.1, -0.05) is 16.8 Å². The van der Waals surface area contributed by atoms with Gasteiger partial charge >= 0.3 is 0 Å². The number of azide groups is 1. The molecule has 6 nitrogen and oxygen atoms in total. The van der Waals surface area contributed by atoms with Crippen molar-refractivity contribution in [3.63, 3.8) is 0 Å². The zero-order chi connectivity index (χ0) is 11.1. The summed E-state index contributed by atoms with van der Waals surface area (Å²) >= 11 is 0. The Kier molecular flexibility index (Phi) is 5.14. The number of aliphatic hydroxyl groups is 1. The van der Waals surface area contributed by atoms with Crippen LogP contribution < -0.4 is 0 Å². The van der Waals surface area contributed by atoms with Crippen molar-refractivity contribution >= 4 is 0 Å². The molecule has 0 saturated carbocycles. The summed E-state index contributed by atoms with van der Waals surface area (Å²) in [4.78, 5) is 2.69. The number of nitrogens with zero attached hydrogens (tertiary/aromatic N) is 3. The highest BCUT2D eigenvalue weighted by atomic mass is 16.7. The molecular formula is C9H15N3O3. The lowest BCUT2D eigenvalue weighted by Crippen LogP contribution is -2.34. The van der Waals surface area contributed by atoms with Crippen LogP contribution in [0.2, 0.25) is 0 Å². The third-order valence-corrected chi connectivity index (χ3v) is 2.07. The van der Waals surface area contributed by atoms with Crippen LogP contribution in [0.25, 0.3) is 10.4 Å². The average molecular weight is 213 g/mol. The lowest BCUT2D eigenvalue weighted by atomic mass is 10.2. The SMILES string of the molecule is C/C(=C\CC1OCC(N=[N+]=[N-])CO1)CO. The molecule has 1 rings (SSSR count). The van der Waals surface area contributed by atoms with Crippen molar-refractivity contribution in [1.82, 2.24) is 0 Å². The average Bonchev–Trinajstić information content (AvgIpc) is 2.28. The first-order valence-corrected chi connectivity index (χ1v) is 4.80. The van der Waals surface area contributed by atoms with Crippen molar-refractivity contribution in [2.75, 3.05) is 19.8 Å². The Balaban J connectivity index is 2.28. The summed E-state index contributed by atoms with van der Waals surface area (Å²) in [7, 11) is 0. The Morgan fingerprint density at radius 3 is 2.80 bits per heavy atom. The normalized spacial score (nSPS) is 27.2. The summed E-state index contributed by atoms with van der Waals surface area (Å²) in [6.45, 7) is 2.67. The first-order chi connectivity index (χ1) is 7.26. The van der Waals surface area contributed by atoms with Gasteiger partial charge in [-0.3, -0.25) is 0 Å². The van der Waals surface area contributed by atoms with Crippen LogP contribution in [0, 0.1) is 0 Å². The molecule has 0 aromatic rings. The second-order valence-electron chi connectivity index (χ2n) is 3.40. The highest BCUT2D eigenvalue weighted by Gasteiger charge is 2.20. The summed E-state index contributed by atoms with van der Waals surface area (Å²) in [6.07, 6.45) is 2.19. The van der Waals surface area contributed by atoms with Crippen LogP contribution >= 0.6 is 0 Å². The second kappa shape index (κ2) is 6.42. The summed E-state index contributed by atoms with van der Waals surface area (Å²) in [5.74, 6) is 0. The lowest BCUT2D eigenvalue weighted by molar-refractivity contribution is -0.182. The summed E-state index contributed by atoms with van der Waals surface area (Å²) < 4.78 is 10.6. The van der Waals surface area contributed by atoms with Crippen LogP contribution in [0.15, 0.2) is 16.8 Å². The second-order valence-corrected chi connectivity index (χ2v) is 3.40. The van der Waals surface area contributed by atoms with Gasteiger partial charge in [0, 0.05) is 11.3 Å². The Morgan fingerprint density at radius 2 is 2.27 bits per heavy atom. The van der Waals surface area contributed by atoms with Crippen molar-refractivity contribution in [2.24, 2.45) is 5.11 Å².